The molecule has 1 fully saturated rings. The van der Waals surface area contributed by atoms with Crippen LogP contribution in [0.25, 0.3) is 6.08 Å². The first-order chi connectivity index (χ1) is 20.9. The molecule has 2 aromatic carbocycles. The molecule has 0 radical (unpaired) electrons. The number of aromatic nitrogens is 1. The molecule has 0 bridgehead atoms. The molecule has 230 valence electrons. The van der Waals surface area contributed by atoms with Crippen molar-refractivity contribution in [1.82, 2.24) is 26.0 Å². The highest BCUT2D eigenvalue weighted by molar-refractivity contribution is 8.18. The van der Waals surface area contributed by atoms with Gasteiger partial charge in [0.25, 0.3) is 17.1 Å². The zero-order valence-electron chi connectivity index (χ0n) is 24.6. The first-order valence-corrected chi connectivity index (χ1v) is 14.6. The number of aliphatic hydroxyl groups is 1. The van der Waals surface area contributed by atoms with E-state index in [4.69, 9.17) is 4.52 Å². The van der Waals surface area contributed by atoms with E-state index >= 15 is 0 Å². The predicted octanol–water partition coefficient (Wildman–Crippen LogP) is 2.48. The van der Waals surface area contributed by atoms with Crippen LogP contribution in [0.5, 0.6) is 0 Å². The number of benzene rings is 2. The number of amides is 5. The van der Waals surface area contributed by atoms with Crippen LogP contribution < -0.4 is 16.0 Å². The first-order valence-electron chi connectivity index (χ1n) is 13.8. The monoisotopic (exact) mass is 619 g/mol. The van der Waals surface area contributed by atoms with Gasteiger partial charge >= 0.3 is 0 Å². The average molecular weight is 620 g/mol. The summed E-state index contributed by atoms with van der Waals surface area (Å²) in [5.74, 6) is -1.94. The Bertz CT molecular complexity index is 1580. The molecule has 2 heterocycles. The number of aryl methyl sites for hydroxylation is 2. The van der Waals surface area contributed by atoms with Crippen LogP contribution in [0.1, 0.15) is 45.4 Å². The van der Waals surface area contributed by atoms with E-state index in [1.165, 1.54) is 20.0 Å². The molecule has 5 amide bonds. The molecule has 4 rings (SSSR count). The third-order valence-electron chi connectivity index (χ3n) is 6.84. The number of rotatable bonds is 11. The lowest BCUT2D eigenvalue weighted by Gasteiger charge is -2.24. The Morgan fingerprint density at radius 2 is 1.66 bits per heavy atom. The summed E-state index contributed by atoms with van der Waals surface area (Å²) >= 11 is 0.854. The highest BCUT2D eigenvalue weighted by atomic mass is 32.2. The molecule has 3 aromatic rings. The number of carbonyl (C=O) groups is 5. The van der Waals surface area contributed by atoms with E-state index < -0.39 is 35.9 Å². The third kappa shape index (κ3) is 8.20. The third-order valence-corrected chi connectivity index (χ3v) is 7.80. The minimum absolute atomic E-state index is 0.0582. The van der Waals surface area contributed by atoms with Crippen LogP contribution >= 0.6 is 11.8 Å². The lowest BCUT2D eigenvalue weighted by molar-refractivity contribution is -0.131. The SMILES string of the molecule is Cc1ccc(CNC(=O)[C@H](Cc2ccc(C=C3SC(=O)N(C)C3=O)cc2)NC(=O)[C@@H](NC(=O)c2cc(C)on2)[C@@H](C)O)cc1. The average Bonchev–Trinajstić information content (AvgIpc) is 3.53. The van der Waals surface area contributed by atoms with Crippen molar-refractivity contribution in [3.63, 3.8) is 0 Å². The van der Waals surface area contributed by atoms with Gasteiger partial charge in [-0.1, -0.05) is 59.3 Å². The van der Waals surface area contributed by atoms with E-state index in [1.54, 1.807) is 37.3 Å². The minimum Gasteiger partial charge on any atom is -0.391 e. The van der Waals surface area contributed by atoms with Gasteiger partial charge in [-0.3, -0.25) is 28.9 Å². The van der Waals surface area contributed by atoms with E-state index in [0.717, 1.165) is 27.8 Å². The fraction of sp³-hybridized carbons (Fsp3) is 0.290. The summed E-state index contributed by atoms with van der Waals surface area (Å²) in [4.78, 5) is 64.7. The Labute approximate surface area is 258 Å². The van der Waals surface area contributed by atoms with Gasteiger partial charge in [-0.15, -0.1) is 0 Å². The predicted molar refractivity (Wildman–Crippen MR) is 163 cm³/mol. The fourth-order valence-electron chi connectivity index (χ4n) is 4.27. The number of aliphatic hydroxyl groups excluding tert-OH is 1. The van der Waals surface area contributed by atoms with Crippen molar-refractivity contribution in [1.29, 1.82) is 0 Å². The Balaban J connectivity index is 1.50. The molecule has 3 atom stereocenters. The topological polar surface area (TPSA) is 171 Å². The lowest BCUT2D eigenvalue weighted by atomic mass is 10.0. The van der Waals surface area contributed by atoms with Crippen molar-refractivity contribution in [2.75, 3.05) is 7.05 Å². The second-order valence-electron chi connectivity index (χ2n) is 10.5. The van der Waals surface area contributed by atoms with Crippen molar-refractivity contribution >= 4 is 46.7 Å². The van der Waals surface area contributed by atoms with Crippen molar-refractivity contribution in [2.24, 2.45) is 0 Å². The molecule has 12 nitrogen and oxygen atoms in total. The van der Waals surface area contributed by atoms with E-state index in [0.29, 0.717) is 21.8 Å². The molecular weight excluding hydrogens is 586 g/mol. The van der Waals surface area contributed by atoms with Crippen LogP contribution in [0.15, 0.2) is 64.0 Å². The van der Waals surface area contributed by atoms with E-state index in [9.17, 15) is 29.1 Å². The number of thioether (sulfide) groups is 1. The Kier molecular flexibility index (Phi) is 10.3. The van der Waals surface area contributed by atoms with Gasteiger partial charge in [-0.25, -0.2) is 0 Å². The summed E-state index contributed by atoms with van der Waals surface area (Å²) in [6.07, 6.45) is 0.399. The zero-order chi connectivity index (χ0) is 32.0. The van der Waals surface area contributed by atoms with Crippen molar-refractivity contribution in [3.05, 3.63) is 93.2 Å². The number of likely N-dealkylation sites (N-methyl/N-ethyl adjacent to an activating group) is 1. The van der Waals surface area contributed by atoms with Crippen LogP contribution in [-0.4, -0.2) is 69.3 Å². The minimum atomic E-state index is -1.39. The van der Waals surface area contributed by atoms with Gasteiger partial charge in [0.15, 0.2) is 5.69 Å². The maximum absolute atomic E-state index is 13.4. The first kappa shape index (κ1) is 32.2. The van der Waals surface area contributed by atoms with E-state index in [2.05, 4.69) is 21.1 Å². The standard InChI is InChI=1S/C31H33N5O7S/c1-17-5-7-22(8-6-17)16-32-27(38)23(33-29(40)26(19(3)37)34-28(39)24-13-18(2)43-35-24)14-20-9-11-21(12-10-20)15-25-30(41)36(4)31(42)44-25/h5-13,15,19,23,26,37H,14,16H2,1-4H3,(H,32,38)(H,33,40)(H,34,39)/t19-,23+,26+/m1/s1. The maximum atomic E-state index is 13.4. The van der Waals surface area contributed by atoms with Gasteiger partial charge in [0.1, 0.15) is 17.8 Å². The van der Waals surface area contributed by atoms with Crippen molar-refractivity contribution in [3.8, 4) is 0 Å². The molecule has 1 saturated heterocycles. The largest absolute Gasteiger partial charge is 0.391 e. The number of carbonyl (C=O) groups excluding carboxylic acids is 5. The molecule has 4 N–H and O–H groups in total. The number of hydrogen-bond acceptors (Lipinski definition) is 9. The quantitative estimate of drug-likeness (QED) is 0.235. The normalized spacial score (nSPS) is 16.0. The summed E-state index contributed by atoms with van der Waals surface area (Å²) in [6.45, 7) is 5.13. The summed E-state index contributed by atoms with van der Waals surface area (Å²) < 4.78 is 4.92. The van der Waals surface area contributed by atoms with E-state index in [-0.39, 0.29) is 29.8 Å². The van der Waals surface area contributed by atoms with Gasteiger partial charge in [-0.2, -0.15) is 0 Å². The summed E-state index contributed by atoms with van der Waals surface area (Å²) in [7, 11) is 1.42. The molecule has 1 aromatic heterocycles. The molecule has 0 aliphatic carbocycles. The van der Waals surface area contributed by atoms with Crippen LogP contribution in [0, 0.1) is 13.8 Å². The van der Waals surface area contributed by atoms with Crippen LogP contribution in [0.2, 0.25) is 0 Å². The number of imide groups is 1. The van der Waals surface area contributed by atoms with Gasteiger partial charge < -0.3 is 25.6 Å². The Hall–Kier alpha value is -4.75. The number of nitrogens with zero attached hydrogens (tertiary/aromatic N) is 2. The smallest absolute Gasteiger partial charge is 0.293 e. The Morgan fingerprint density at radius 3 is 2.23 bits per heavy atom. The van der Waals surface area contributed by atoms with Gasteiger partial charge in [0, 0.05) is 26.1 Å². The molecular formula is C31H33N5O7S. The summed E-state index contributed by atoms with van der Waals surface area (Å²) in [6, 6.07) is 13.5. The molecule has 13 heteroatoms. The van der Waals surface area contributed by atoms with Crippen LogP contribution in [-0.2, 0) is 27.3 Å². The van der Waals surface area contributed by atoms with E-state index in [1.807, 2.05) is 31.2 Å². The molecule has 44 heavy (non-hydrogen) atoms. The second-order valence-corrected chi connectivity index (χ2v) is 11.5. The molecule has 0 spiro atoms. The lowest BCUT2D eigenvalue weighted by Crippen LogP contribution is -2.57. The number of nitrogens with one attached hydrogen (secondary N) is 3. The van der Waals surface area contributed by atoms with Gasteiger partial charge in [-0.05, 0) is 55.3 Å². The van der Waals surface area contributed by atoms with Gasteiger partial charge in [0.2, 0.25) is 11.8 Å². The maximum Gasteiger partial charge on any atom is 0.293 e. The van der Waals surface area contributed by atoms with Crippen LogP contribution in [0.3, 0.4) is 0 Å². The summed E-state index contributed by atoms with van der Waals surface area (Å²) in [5.41, 5.74) is 3.25. The summed E-state index contributed by atoms with van der Waals surface area (Å²) in [5, 5.41) is 21.6. The number of hydrogen-bond donors (Lipinski definition) is 4. The highest BCUT2D eigenvalue weighted by Gasteiger charge is 2.32. The molecule has 1 aliphatic heterocycles. The molecule has 0 saturated carbocycles. The van der Waals surface area contributed by atoms with Crippen molar-refractivity contribution in [2.45, 2.75) is 51.9 Å². The Morgan fingerprint density at radius 1 is 1.00 bits per heavy atom. The molecule has 1 aliphatic rings. The molecule has 0 unspecified atom stereocenters. The van der Waals surface area contributed by atoms with Crippen molar-refractivity contribution < 1.29 is 33.6 Å². The van der Waals surface area contributed by atoms with Gasteiger partial charge in [0.05, 0.1) is 11.0 Å². The fourth-order valence-corrected chi connectivity index (χ4v) is 5.09. The second kappa shape index (κ2) is 14.1. The zero-order valence-corrected chi connectivity index (χ0v) is 25.4. The van der Waals surface area contributed by atoms with Crippen LogP contribution in [0.4, 0.5) is 4.79 Å². The highest BCUT2D eigenvalue weighted by Crippen LogP contribution is 2.31.